The lowest BCUT2D eigenvalue weighted by atomic mass is 9.95. The van der Waals surface area contributed by atoms with Crippen molar-refractivity contribution in [3.05, 3.63) is 83.9 Å². The molecule has 10 heteroatoms. The van der Waals surface area contributed by atoms with E-state index in [-0.39, 0.29) is 34.8 Å². The molecule has 0 aromatic heterocycles. The van der Waals surface area contributed by atoms with Gasteiger partial charge in [0.1, 0.15) is 24.1 Å². The predicted octanol–water partition coefficient (Wildman–Crippen LogP) is 5.07. The second kappa shape index (κ2) is 14.4. The number of amides is 2. The number of anilines is 1. The summed E-state index contributed by atoms with van der Waals surface area (Å²) in [6.07, 6.45) is 5.07. The number of nitrogens with zero attached hydrogens (tertiary/aromatic N) is 2. The van der Waals surface area contributed by atoms with Gasteiger partial charge in [-0.25, -0.2) is 8.42 Å². The van der Waals surface area contributed by atoms with Gasteiger partial charge in [-0.3, -0.25) is 13.9 Å². The minimum Gasteiger partial charge on any atom is -0.497 e. The highest BCUT2D eigenvalue weighted by molar-refractivity contribution is 7.92. The molecular formula is C33H41N3O6S. The van der Waals surface area contributed by atoms with E-state index in [2.05, 4.69) is 5.32 Å². The first-order chi connectivity index (χ1) is 20.6. The highest BCUT2D eigenvalue weighted by Gasteiger charge is 2.34. The Bertz CT molecular complexity index is 1510. The van der Waals surface area contributed by atoms with Crippen LogP contribution < -0.4 is 19.1 Å². The third-order valence-corrected chi connectivity index (χ3v) is 9.76. The molecule has 1 aliphatic carbocycles. The second-order valence-electron chi connectivity index (χ2n) is 10.8. The second-order valence-corrected chi connectivity index (χ2v) is 12.7. The van der Waals surface area contributed by atoms with Gasteiger partial charge >= 0.3 is 0 Å². The molecular weight excluding hydrogens is 566 g/mol. The number of benzene rings is 3. The molecule has 0 bridgehead atoms. The zero-order chi connectivity index (χ0) is 31.0. The SMILES string of the molecule is COc1ccc(OC)c(N(CC(=O)N(Cc2ccccc2C)C(C)C(=O)NC2CCCCC2)S(=O)(=O)c2ccccc2)c1. The average molecular weight is 608 g/mol. The Hall–Kier alpha value is -4.05. The molecule has 230 valence electrons. The first-order valence-electron chi connectivity index (χ1n) is 14.6. The van der Waals surface area contributed by atoms with Crippen LogP contribution in [0.1, 0.15) is 50.2 Å². The van der Waals surface area contributed by atoms with Crippen molar-refractivity contribution in [2.45, 2.75) is 69.5 Å². The first-order valence-corrected chi connectivity index (χ1v) is 16.0. The van der Waals surface area contributed by atoms with E-state index < -0.39 is 28.5 Å². The van der Waals surface area contributed by atoms with Gasteiger partial charge in [-0.1, -0.05) is 61.7 Å². The molecule has 1 aliphatic rings. The third kappa shape index (κ3) is 7.67. The fourth-order valence-electron chi connectivity index (χ4n) is 5.35. The minimum absolute atomic E-state index is 0.0150. The van der Waals surface area contributed by atoms with Gasteiger partial charge in [-0.2, -0.15) is 0 Å². The summed E-state index contributed by atoms with van der Waals surface area (Å²) in [5.74, 6) is -0.139. The van der Waals surface area contributed by atoms with Crippen molar-refractivity contribution in [1.82, 2.24) is 10.2 Å². The van der Waals surface area contributed by atoms with Crippen LogP contribution in [0, 0.1) is 6.92 Å². The van der Waals surface area contributed by atoms with E-state index in [9.17, 15) is 18.0 Å². The molecule has 2 amide bonds. The normalized spacial score (nSPS) is 14.4. The average Bonchev–Trinajstić information content (AvgIpc) is 3.03. The Morgan fingerprint density at radius 3 is 2.26 bits per heavy atom. The van der Waals surface area contributed by atoms with Gasteiger partial charge in [0.25, 0.3) is 10.0 Å². The molecule has 1 fully saturated rings. The summed E-state index contributed by atoms with van der Waals surface area (Å²) in [5, 5.41) is 3.13. The van der Waals surface area contributed by atoms with Crippen LogP contribution >= 0.6 is 0 Å². The summed E-state index contributed by atoms with van der Waals surface area (Å²) in [7, 11) is -1.33. The van der Waals surface area contributed by atoms with Crippen molar-refractivity contribution < 1.29 is 27.5 Å². The number of rotatable bonds is 12. The van der Waals surface area contributed by atoms with E-state index in [1.807, 2.05) is 31.2 Å². The molecule has 3 aromatic rings. The molecule has 9 nitrogen and oxygen atoms in total. The van der Waals surface area contributed by atoms with Crippen LogP contribution in [0.5, 0.6) is 11.5 Å². The number of hydrogen-bond acceptors (Lipinski definition) is 6. The zero-order valence-electron chi connectivity index (χ0n) is 25.3. The maximum absolute atomic E-state index is 14.3. The lowest BCUT2D eigenvalue weighted by Gasteiger charge is -2.33. The summed E-state index contributed by atoms with van der Waals surface area (Å²) >= 11 is 0. The monoisotopic (exact) mass is 607 g/mol. The lowest BCUT2D eigenvalue weighted by Crippen LogP contribution is -2.53. The Morgan fingerprint density at radius 1 is 0.930 bits per heavy atom. The van der Waals surface area contributed by atoms with Gasteiger partial charge in [0.15, 0.2) is 0 Å². The van der Waals surface area contributed by atoms with Crippen molar-refractivity contribution in [1.29, 1.82) is 0 Å². The summed E-state index contributed by atoms with van der Waals surface area (Å²) in [4.78, 5) is 29.3. The van der Waals surface area contributed by atoms with Crippen LogP contribution in [0.3, 0.4) is 0 Å². The fraction of sp³-hybridized carbons (Fsp3) is 0.394. The number of hydrogen-bond donors (Lipinski definition) is 1. The molecule has 1 N–H and O–H groups in total. The smallest absolute Gasteiger partial charge is 0.264 e. The maximum atomic E-state index is 14.3. The molecule has 0 spiro atoms. The largest absolute Gasteiger partial charge is 0.497 e. The summed E-state index contributed by atoms with van der Waals surface area (Å²) in [5.41, 5.74) is 1.97. The lowest BCUT2D eigenvalue weighted by molar-refractivity contribution is -0.139. The van der Waals surface area contributed by atoms with E-state index in [4.69, 9.17) is 9.47 Å². The highest BCUT2D eigenvalue weighted by atomic mass is 32.2. The van der Waals surface area contributed by atoms with Crippen LogP contribution in [0.15, 0.2) is 77.7 Å². The number of nitrogens with one attached hydrogen (secondary N) is 1. The van der Waals surface area contributed by atoms with Crippen LogP contribution in [0.25, 0.3) is 0 Å². The molecule has 43 heavy (non-hydrogen) atoms. The fourth-order valence-corrected chi connectivity index (χ4v) is 6.78. The van der Waals surface area contributed by atoms with E-state index in [1.165, 1.54) is 37.3 Å². The molecule has 1 atom stereocenters. The number of aryl methyl sites for hydroxylation is 1. The number of ether oxygens (including phenoxy) is 2. The van der Waals surface area contributed by atoms with Crippen LogP contribution in [0.2, 0.25) is 0 Å². The number of carbonyl (C=O) groups excluding carboxylic acids is 2. The van der Waals surface area contributed by atoms with Crippen LogP contribution in [-0.2, 0) is 26.2 Å². The van der Waals surface area contributed by atoms with Crippen LogP contribution in [-0.4, -0.2) is 58.0 Å². The van der Waals surface area contributed by atoms with Gasteiger partial charge < -0.3 is 19.7 Å². The Labute approximate surface area is 254 Å². The molecule has 0 heterocycles. The van der Waals surface area contributed by atoms with Crippen molar-refractivity contribution in [3.8, 4) is 11.5 Å². The van der Waals surface area contributed by atoms with Crippen molar-refractivity contribution >= 4 is 27.5 Å². The van der Waals surface area contributed by atoms with E-state index >= 15 is 0 Å². The van der Waals surface area contributed by atoms with Gasteiger partial charge in [-0.05, 0) is 62.1 Å². The standard InChI is InChI=1S/C33H41N3O6S/c1-24-13-11-12-14-26(24)22-35(25(2)33(38)34-27-15-7-5-8-16-27)32(37)23-36(43(39,40)29-17-9-6-10-18-29)30-21-28(41-3)19-20-31(30)42-4/h6,9-14,17-21,25,27H,5,7-8,15-16,22-23H2,1-4H3,(H,34,38). The molecule has 0 saturated heterocycles. The number of sulfonamides is 1. The summed E-state index contributed by atoms with van der Waals surface area (Å²) < 4.78 is 40.2. The first kappa shape index (κ1) is 31.9. The molecule has 4 rings (SSSR count). The highest BCUT2D eigenvalue weighted by Crippen LogP contribution is 2.36. The number of carbonyl (C=O) groups is 2. The molecule has 3 aromatic carbocycles. The zero-order valence-corrected chi connectivity index (χ0v) is 26.1. The van der Waals surface area contributed by atoms with E-state index in [0.717, 1.165) is 47.5 Å². The van der Waals surface area contributed by atoms with Crippen molar-refractivity contribution in [2.24, 2.45) is 0 Å². The van der Waals surface area contributed by atoms with Crippen molar-refractivity contribution in [3.63, 3.8) is 0 Å². The molecule has 1 unspecified atom stereocenters. The van der Waals surface area contributed by atoms with Gasteiger partial charge in [0.2, 0.25) is 11.8 Å². The Kier molecular flexibility index (Phi) is 10.7. The Balaban J connectivity index is 1.74. The van der Waals surface area contributed by atoms with Gasteiger partial charge in [0, 0.05) is 18.7 Å². The predicted molar refractivity (Wildman–Crippen MR) is 167 cm³/mol. The molecule has 0 aliphatic heterocycles. The molecule has 1 saturated carbocycles. The van der Waals surface area contributed by atoms with Gasteiger partial charge in [-0.15, -0.1) is 0 Å². The summed E-state index contributed by atoms with van der Waals surface area (Å²) in [6.45, 7) is 3.21. The van der Waals surface area contributed by atoms with E-state index in [1.54, 1.807) is 37.3 Å². The van der Waals surface area contributed by atoms with Gasteiger partial charge in [0.05, 0.1) is 24.8 Å². The third-order valence-electron chi connectivity index (χ3n) is 7.99. The number of methoxy groups -OCH3 is 2. The van der Waals surface area contributed by atoms with Crippen molar-refractivity contribution in [2.75, 3.05) is 25.1 Å². The van der Waals surface area contributed by atoms with Crippen LogP contribution in [0.4, 0.5) is 5.69 Å². The minimum atomic E-state index is -4.24. The summed E-state index contributed by atoms with van der Waals surface area (Å²) in [6, 6.07) is 19.6. The quantitative estimate of drug-likeness (QED) is 0.308. The molecule has 0 radical (unpaired) electrons. The Morgan fingerprint density at radius 2 is 1.60 bits per heavy atom. The topological polar surface area (TPSA) is 105 Å². The maximum Gasteiger partial charge on any atom is 0.264 e. The van der Waals surface area contributed by atoms with E-state index in [0.29, 0.717) is 5.75 Å².